The summed E-state index contributed by atoms with van der Waals surface area (Å²) < 4.78 is 38.4. The Morgan fingerprint density at radius 1 is 0.842 bits per heavy atom. The quantitative estimate of drug-likeness (QED) is 0.201. The molecule has 3 aromatic rings. The highest BCUT2D eigenvalue weighted by atomic mass is 32.2. The van der Waals surface area contributed by atoms with E-state index in [9.17, 15) is 18.3 Å². The lowest BCUT2D eigenvalue weighted by atomic mass is 10.1. The Labute approximate surface area is 229 Å². The van der Waals surface area contributed by atoms with Crippen LogP contribution < -0.4 is 8.92 Å². The number of phenolic OH excluding ortho intramolecular Hbond substituents is 1. The number of carbonyl (C=O) groups excluding carboxylic acids is 1. The highest BCUT2D eigenvalue weighted by Crippen LogP contribution is 2.22. The Morgan fingerprint density at radius 3 is 2.05 bits per heavy atom. The van der Waals surface area contributed by atoms with E-state index in [-0.39, 0.29) is 22.7 Å². The molecule has 0 amide bonds. The molecule has 0 bridgehead atoms. The van der Waals surface area contributed by atoms with Crippen molar-refractivity contribution in [3.63, 3.8) is 0 Å². The zero-order chi connectivity index (χ0) is 27.4. The van der Waals surface area contributed by atoms with Gasteiger partial charge in [0, 0.05) is 6.42 Å². The van der Waals surface area contributed by atoms with Gasteiger partial charge in [0.2, 0.25) is 0 Å². The van der Waals surface area contributed by atoms with E-state index < -0.39 is 10.1 Å². The molecule has 1 atom stereocenters. The van der Waals surface area contributed by atoms with E-state index in [1.54, 1.807) is 48.2 Å². The van der Waals surface area contributed by atoms with Crippen molar-refractivity contribution in [1.82, 2.24) is 0 Å². The maximum absolute atomic E-state index is 12.7. The van der Waals surface area contributed by atoms with Crippen LogP contribution in [-0.2, 0) is 38.9 Å². The first-order valence-corrected chi connectivity index (χ1v) is 15.3. The van der Waals surface area contributed by atoms with Crippen LogP contribution in [0.3, 0.4) is 0 Å². The van der Waals surface area contributed by atoms with Crippen molar-refractivity contribution < 1.29 is 32.0 Å². The molecule has 0 heterocycles. The first-order valence-electron chi connectivity index (χ1n) is 12.5. The molecule has 0 saturated carbocycles. The zero-order valence-electron chi connectivity index (χ0n) is 21.7. The molecule has 0 radical (unpaired) electrons. The number of thioether (sulfide) groups is 1. The van der Waals surface area contributed by atoms with Crippen LogP contribution in [0.25, 0.3) is 0 Å². The van der Waals surface area contributed by atoms with Gasteiger partial charge in [-0.15, -0.1) is 11.8 Å². The second-order valence-corrected chi connectivity index (χ2v) is 11.7. The van der Waals surface area contributed by atoms with E-state index in [1.165, 1.54) is 0 Å². The third kappa shape index (κ3) is 10.7. The molecule has 3 aromatic carbocycles. The van der Waals surface area contributed by atoms with E-state index in [0.29, 0.717) is 31.8 Å². The maximum atomic E-state index is 12.7. The van der Waals surface area contributed by atoms with E-state index in [2.05, 4.69) is 0 Å². The van der Waals surface area contributed by atoms with Gasteiger partial charge in [0.25, 0.3) is 0 Å². The van der Waals surface area contributed by atoms with Gasteiger partial charge in [0.15, 0.2) is 0 Å². The molecule has 9 heteroatoms. The van der Waals surface area contributed by atoms with Crippen LogP contribution in [0.15, 0.2) is 72.8 Å². The molecule has 0 aliphatic carbocycles. The van der Waals surface area contributed by atoms with Crippen molar-refractivity contribution in [2.45, 2.75) is 37.9 Å². The molecule has 204 valence electrons. The van der Waals surface area contributed by atoms with Gasteiger partial charge >= 0.3 is 16.1 Å². The van der Waals surface area contributed by atoms with Gasteiger partial charge in [-0.05, 0) is 78.1 Å². The molecule has 0 spiro atoms. The second-order valence-electron chi connectivity index (χ2n) is 8.82. The summed E-state index contributed by atoms with van der Waals surface area (Å²) in [6.45, 7) is 2.86. The van der Waals surface area contributed by atoms with Crippen LogP contribution in [0, 0.1) is 0 Å². The van der Waals surface area contributed by atoms with Gasteiger partial charge in [-0.3, -0.25) is 4.79 Å². The molecule has 3 rings (SSSR count). The average molecular weight is 559 g/mol. The second kappa shape index (κ2) is 14.7. The van der Waals surface area contributed by atoms with Crippen LogP contribution in [0.2, 0.25) is 0 Å². The number of esters is 1. The third-order valence-corrected chi connectivity index (χ3v) is 7.23. The topological polar surface area (TPSA) is 99.1 Å². The number of aromatic hydroxyl groups is 1. The Bertz CT molecular complexity index is 1240. The van der Waals surface area contributed by atoms with Crippen LogP contribution >= 0.6 is 11.8 Å². The number of hydrogen-bond donors (Lipinski definition) is 1. The number of phenols is 1. The minimum absolute atomic E-state index is 0.187. The average Bonchev–Trinajstić information content (AvgIpc) is 2.89. The summed E-state index contributed by atoms with van der Waals surface area (Å²) in [7, 11) is -3.56. The molecule has 0 aliphatic heterocycles. The first kappa shape index (κ1) is 29.4. The number of rotatable bonds is 15. The predicted octanol–water partition coefficient (Wildman–Crippen LogP) is 5.19. The monoisotopic (exact) mass is 558 g/mol. The van der Waals surface area contributed by atoms with Crippen molar-refractivity contribution in [2.24, 2.45) is 0 Å². The maximum Gasteiger partial charge on any atom is 0.319 e. The molecular formula is C29H34O7S2. The molecule has 1 unspecified atom stereocenters. The normalized spacial score (nSPS) is 12.1. The smallest absolute Gasteiger partial charge is 0.319 e. The van der Waals surface area contributed by atoms with Crippen molar-refractivity contribution in [1.29, 1.82) is 0 Å². The minimum Gasteiger partial charge on any atom is -0.508 e. The van der Waals surface area contributed by atoms with E-state index in [4.69, 9.17) is 13.7 Å². The summed E-state index contributed by atoms with van der Waals surface area (Å²) in [5.74, 6) is 1.69. The number of aryl methyl sites for hydroxylation is 1. The van der Waals surface area contributed by atoms with Crippen LogP contribution in [0.1, 0.15) is 30.0 Å². The largest absolute Gasteiger partial charge is 0.508 e. The fraction of sp³-hybridized carbons (Fsp3) is 0.345. The predicted molar refractivity (Wildman–Crippen MR) is 151 cm³/mol. The fourth-order valence-corrected chi connectivity index (χ4v) is 5.21. The van der Waals surface area contributed by atoms with Crippen molar-refractivity contribution >= 4 is 27.8 Å². The number of carbonyl (C=O) groups is 1. The molecule has 7 nitrogen and oxygen atoms in total. The fourth-order valence-electron chi connectivity index (χ4n) is 3.60. The van der Waals surface area contributed by atoms with Gasteiger partial charge < -0.3 is 18.8 Å². The van der Waals surface area contributed by atoms with Crippen LogP contribution in [-0.4, -0.2) is 50.0 Å². The van der Waals surface area contributed by atoms with E-state index in [0.717, 1.165) is 41.5 Å². The Hall–Kier alpha value is -3.17. The standard InChI is InChI=1S/C29H34O7S2/c1-3-18-35-29(31)28(37-20-17-23-8-10-25(30)11-9-23)21-24-6-4-22(5-7-24)16-19-34-26-12-14-27(15-13-26)36-38(2,32)33/h4-15,28,30H,3,16-21H2,1-2H3. The lowest BCUT2D eigenvalue weighted by Crippen LogP contribution is -2.24. The third-order valence-electron chi connectivity index (χ3n) is 5.53. The van der Waals surface area contributed by atoms with E-state index in [1.807, 2.05) is 43.3 Å². The summed E-state index contributed by atoms with van der Waals surface area (Å²) >= 11 is 1.59. The SMILES string of the molecule is CCCOC(=O)C(Cc1ccc(CCOc2ccc(OS(C)(=O)=O)cc2)cc1)SCCc1ccc(O)cc1. The summed E-state index contributed by atoms with van der Waals surface area (Å²) in [5, 5.41) is 9.17. The number of ether oxygens (including phenoxy) is 2. The summed E-state index contributed by atoms with van der Waals surface area (Å²) in [6, 6.07) is 21.7. The first-order chi connectivity index (χ1) is 18.2. The van der Waals surface area contributed by atoms with Crippen molar-refractivity contribution in [3.05, 3.63) is 89.5 Å². The number of hydrogen-bond acceptors (Lipinski definition) is 8. The van der Waals surface area contributed by atoms with Crippen molar-refractivity contribution in [2.75, 3.05) is 25.2 Å². The zero-order valence-corrected chi connectivity index (χ0v) is 23.3. The lowest BCUT2D eigenvalue weighted by molar-refractivity contribution is -0.142. The molecule has 0 saturated heterocycles. The van der Waals surface area contributed by atoms with Crippen LogP contribution in [0.5, 0.6) is 17.2 Å². The van der Waals surface area contributed by atoms with Gasteiger partial charge in [0.05, 0.1) is 19.5 Å². The van der Waals surface area contributed by atoms with Crippen molar-refractivity contribution in [3.8, 4) is 17.2 Å². The van der Waals surface area contributed by atoms with E-state index >= 15 is 0 Å². The van der Waals surface area contributed by atoms with Crippen LogP contribution in [0.4, 0.5) is 0 Å². The lowest BCUT2D eigenvalue weighted by Gasteiger charge is -2.16. The summed E-state index contributed by atoms with van der Waals surface area (Å²) in [6.07, 6.45) is 3.87. The Morgan fingerprint density at radius 2 is 1.42 bits per heavy atom. The Kier molecular flexibility index (Phi) is 11.4. The molecule has 38 heavy (non-hydrogen) atoms. The summed E-state index contributed by atoms with van der Waals surface area (Å²) in [5.41, 5.74) is 3.28. The molecule has 0 fully saturated rings. The highest BCUT2D eigenvalue weighted by Gasteiger charge is 2.21. The minimum atomic E-state index is -3.56. The molecule has 0 aliphatic rings. The molecule has 1 N–H and O–H groups in total. The van der Waals surface area contributed by atoms with Gasteiger partial charge in [0.1, 0.15) is 22.5 Å². The van der Waals surface area contributed by atoms with Gasteiger partial charge in [-0.2, -0.15) is 8.42 Å². The number of benzene rings is 3. The van der Waals surface area contributed by atoms with Gasteiger partial charge in [-0.1, -0.05) is 43.3 Å². The van der Waals surface area contributed by atoms with Gasteiger partial charge in [-0.25, -0.2) is 0 Å². The Balaban J connectivity index is 1.49. The highest BCUT2D eigenvalue weighted by molar-refractivity contribution is 8.00. The summed E-state index contributed by atoms with van der Waals surface area (Å²) in [4.78, 5) is 12.7. The molecular weight excluding hydrogens is 524 g/mol. The molecule has 0 aromatic heterocycles.